The quantitative estimate of drug-likeness (QED) is 0.500. The number of carboxylic acid groups (broad SMARTS) is 1. The molecule has 1 N–H and O–H groups in total. The fraction of sp³-hybridized carbons (Fsp3) is 0.118. The number of carbonyl (C=O) groups is 1. The van der Waals surface area contributed by atoms with E-state index >= 15 is 0 Å². The first kappa shape index (κ1) is 16.2. The van der Waals surface area contributed by atoms with E-state index in [1.807, 2.05) is 31.2 Å². The van der Waals surface area contributed by atoms with Crippen molar-refractivity contribution in [1.82, 2.24) is 0 Å². The van der Waals surface area contributed by atoms with Crippen LogP contribution in [0.5, 0.6) is 5.75 Å². The van der Waals surface area contributed by atoms with Gasteiger partial charge in [0.25, 0.3) is 0 Å². The summed E-state index contributed by atoms with van der Waals surface area (Å²) in [7, 11) is 0. The minimum absolute atomic E-state index is 0.143. The van der Waals surface area contributed by atoms with Crippen LogP contribution >= 0.6 is 0 Å². The molecule has 0 aliphatic rings. The molecule has 0 amide bonds. The molecule has 0 heterocycles. The lowest BCUT2D eigenvalue weighted by Crippen LogP contribution is -1.99. The molecule has 23 heavy (non-hydrogen) atoms. The highest BCUT2D eigenvalue weighted by Gasteiger charge is 2.15. The third-order valence-electron chi connectivity index (χ3n) is 3.07. The van der Waals surface area contributed by atoms with E-state index in [0.29, 0.717) is 5.56 Å². The van der Waals surface area contributed by atoms with E-state index in [2.05, 4.69) is 0 Å². The van der Waals surface area contributed by atoms with Gasteiger partial charge >= 0.3 is 11.7 Å². The molecule has 0 atom stereocenters. The Morgan fingerprint density at radius 3 is 2.74 bits per heavy atom. The number of nitro groups is 1. The van der Waals surface area contributed by atoms with Crippen LogP contribution in [0, 0.1) is 17.0 Å². The smallest absolute Gasteiger partial charge is 0.328 e. The van der Waals surface area contributed by atoms with E-state index in [9.17, 15) is 14.9 Å². The Hall–Kier alpha value is -3.15. The number of ether oxygens (including phenoxy) is 1. The molecule has 0 saturated carbocycles. The number of hydrogen-bond donors (Lipinski definition) is 1. The first-order valence-electron chi connectivity index (χ1n) is 6.83. The molecule has 0 bridgehead atoms. The highest BCUT2D eigenvalue weighted by Crippen LogP contribution is 2.29. The van der Waals surface area contributed by atoms with Crippen LogP contribution in [0.15, 0.2) is 48.5 Å². The standard InChI is InChI=1S/C17H15NO5/c1-12-3-2-4-14(9-12)11-23-16-7-5-13(6-8-17(19)20)10-15(16)18(21)22/h2-10H,11H2,1H3,(H,19,20)/b8-6-. The zero-order valence-corrected chi connectivity index (χ0v) is 12.4. The van der Waals surface area contributed by atoms with Gasteiger partial charge in [-0.15, -0.1) is 0 Å². The monoisotopic (exact) mass is 313 g/mol. The molecule has 2 aromatic rings. The summed E-state index contributed by atoms with van der Waals surface area (Å²) in [4.78, 5) is 21.1. The summed E-state index contributed by atoms with van der Waals surface area (Å²) in [5, 5.41) is 19.8. The molecule has 0 fully saturated rings. The van der Waals surface area contributed by atoms with Crippen molar-refractivity contribution in [3.8, 4) is 5.75 Å². The summed E-state index contributed by atoms with van der Waals surface area (Å²) >= 11 is 0. The normalized spacial score (nSPS) is 10.7. The minimum atomic E-state index is -1.12. The largest absolute Gasteiger partial charge is 0.482 e. The van der Waals surface area contributed by atoms with Gasteiger partial charge in [0.05, 0.1) is 4.92 Å². The van der Waals surface area contributed by atoms with Crippen LogP contribution in [0.1, 0.15) is 16.7 Å². The number of benzene rings is 2. The number of aliphatic carboxylic acids is 1. The second-order valence-electron chi connectivity index (χ2n) is 4.93. The fourth-order valence-electron chi connectivity index (χ4n) is 2.03. The Kier molecular flexibility index (Phi) is 5.09. The number of carboxylic acids is 1. The highest BCUT2D eigenvalue weighted by atomic mass is 16.6. The molecule has 118 valence electrons. The van der Waals surface area contributed by atoms with Crippen LogP contribution in [0.4, 0.5) is 5.69 Å². The Balaban J connectivity index is 2.21. The summed E-state index contributed by atoms with van der Waals surface area (Å²) in [6.07, 6.45) is 2.21. The topological polar surface area (TPSA) is 89.7 Å². The lowest BCUT2D eigenvalue weighted by molar-refractivity contribution is -0.386. The van der Waals surface area contributed by atoms with Crippen molar-refractivity contribution in [1.29, 1.82) is 0 Å². The van der Waals surface area contributed by atoms with Gasteiger partial charge < -0.3 is 9.84 Å². The van der Waals surface area contributed by atoms with Crippen LogP contribution in [0.25, 0.3) is 6.08 Å². The zero-order chi connectivity index (χ0) is 16.8. The summed E-state index contributed by atoms with van der Waals surface area (Å²) in [5.74, 6) is -0.976. The van der Waals surface area contributed by atoms with Crippen molar-refractivity contribution in [2.45, 2.75) is 13.5 Å². The van der Waals surface area contributed by atoms with Gasteiger partial charge in [-0.1, -0.05) is 35.9 Å². The summed E-state index contributed by atoms with van der Waals surface area (Å²) in [5.41, 5.74) is 2.20. The van der Waals surface area contributed by atoms with E-state index in [0.717, 1.165) is 17.2 Å². The zero-order valence-electron chi connectivity index (χ0n) is 12.4. The van der Waals surface area contributed by atoms with Gasteiger partial charge in [-0.3, -0.25) is 10.1 Å². The van der Waals surface area contributed by atoms with Crippen LogP contribution in [-0.4, -0.2) is 16.0 Å². The Morgan fingerprint density at radius 2 is 2.09 bits per heavy atom. The molecule has 0 aliphatic carbocycles. The summed E-state index contributed by atoms with van der Waals surface area (Å²) in [6.45, 7) is 2.17. The molecule has 0 spiro atoms. The van der Waals surface area contributed by atoms with Gasteiger partial charge in [0.1, 0.15) is 6.61 Å². The van der Waals surface area contributed by atoms with Gasteiger partial charge in [-0.05, 0) is 30.2 Å². The number of hydrogen-bond acceptors (Lipinski definition) is 4. The average molecular weight is 313 g/mol. The van der Waals surface area contributed by atoms with Gasteiger partial charge in [0.15, 0.2) is 5.75 Å². The average Bonchev–Trinajstić information content (AvgIpc) is 2.51. The van der Waals surface area contributed by atoms with Gasteiger partial charge in [0, 0.05) is 12.1 Å². The number of rotatable bonds is 6. The van der Waals surface area contributed by atoms with E-state index in [1.165, 1.54) is 18.2 Å². The predicted octanol–water partition coefficient (Wildman–Crippen LogP) is 3.58. The maximum atomic E-state index is 11.2. The van der Waals surface area contributed by atoms with Crippen molar-refractivity contribution in [3.05, 3.63) is 75.3 Å². The highest BCUT2D eigenvalue weighted by molar-refractivity contribution is 5.85. The summed E-state index contributed by atoms with van der Waals surface area (Å²) in [6, 6.07) is 12.0. The molecule has 0 unspecified atom stereocenters. The second-order valence-corrected chi connectivity index (χ2v) is 4.93. The number of nitrogens with zero attached hydrogens (tertiary/aromatic N) is 1. The molecule has 0 saturated heterocycles. The van der Waals surface area contributed by atoms with Gasteiger partial charge in [-0.25, -0.2) is 4.79 Å². The van der Waals surface area contributed by atoms with Crippen molar-refractivity contribution in [3.63, 3.8) is 0 Å². The molecule has 2 rings (SSSR count). The van der Waals surface area contributed by atoms with Gasteiger partial charge in [-0.2, -0.15) is 0 Å². The molecular formula is C17H15NO5. The van der Waals surface area contributed by atoms with Crippen molar-refractivity contribution >= 4 is 17.7 Å². The van der Waals surface area contributed by atoms with Gasteiger partial charge in [0.2, 0.25) is 0 Å². The molecule has 6 nitrogen and oxygen atoms in total. The maximum absolute atomic E-state index is 11.2. The fourth-order valence-corrected chi connectivity index (χ4v) is 2.03. The van der Waals surface area contributed by atoms with Crippen molar-refractivity contribution < 1.29 is 19.6 Å². The first-order chi connectivity index (χ1) is 11.0. The Labute approximate surface area is 132 Å². The van der Waals surface area contributed by atoms with E-state index < -0.39 is 10.9 Å². The molecule has 6 heteroatoms. The van der Waals surface area contributed by atoms with E-state index in [4.69, 9.17) is 9.84 Å². The van der Waals surface area contributed by atoms with E-state index in [1.54, 1.807) is 6.07 Å². The molecule has 0 aromatic heterocycles. The predicted molar refractivity (Wildman–Crippen MR) is 85.3 cm³/mol. The molecule has 0 radical (unpaired) electrons. The third kappa shape index (κ3) is 4.67. The summed E-state index contributed by atoms with van der Waals surface area (Å²) < 4.78 is 5.54. The maximum Gasteiger partial charge on any atom is 0.328 e. The molecular weight excluding hydrogens is 298 g/mol. The molecule has 2 aromatic carbocycles. The van der Waals surface area contributed by atoms with Crippen LogP contribution in [0.2, 0.25) is 0 Å². The lowest BCUT2D eigenvalue weighted by Gasteiger charge is -2.08. The molecule has 0 aliphatic heterocycles. The SMILES string of the molecule is Cc1cccc(COc2ccc(/C=C\C(=O)O)cc2[N+](=O)[O-])c1. The Bertz CT molecular complexity index is 767. The third-order valence-corrected chi connectivity index (χ3v) is 3.07. The van der Waals surface area contributed by atoms with Crippen molar-refractivity contribution in [2.75, 3.05) is 0 Å². The van der Waals surface area contributed by atoms with Crippen LogP contribution < -0.4 is 4.74 Å². The van der Waals surface area contributed by atoms with E-state index in [-0.39, 0.29) is 18.0 Å². The second kappa shape index (κ2) is 7.22. The van der Waals surface area contributed by atoms with Crippen LogP contribution in [0.3, 0.4) is 0 Å². The van der Waals surface area contributed by atoms with Crippen LogP contribution in [-0.2, 0) is 11.4 Å². The first-order valence-corrected chi connectivity index (χ1v) is 6.83. The lowest BCUT2D eigenvalue weighted by atomic mass is 10.1. The number of nitro benzene ring substituents is 1. The Morgan fingerprint density at radius 1 is 1.30 bits per heavy atom. The van der Waals surface area contributed by atoms with Crippen molar-refractivity contribution in [2.24, 2.45) is 0 Å². The minimum Gasteiger partial charge on any atom is -0.482 e. The number of aryl methyl sites for hydroxylation is 1.